The Kier molecular flexibility index (Phi) is 5.87. The molecule has 1 unspecified atom stereocenters. The second kappa shape index (κ2) is 8.90. The quantitative estimate of drug-likeness (QED) is 0.431. The first-order chi connectivity index (χ1) is 17.2. The van der Waals surface area contributed by atoms with Crippen LogP contribution in [0.3, 0.4) is 0 Å². The Hall–Kier alpha value is -3.99. The van der Waals surface area contributed by atoms with Crippen LogP contribution in [0.5, 0.6) is 11.5 Å². The second-order valence-corrected chi connectivity index (χ2v) is 8.52. The van der Waals surface area contributed by atoms with Crippen molar-refractivity contribution in [3.8, 4) is 28.4 Å². The van der Waals surface area contributed by atoms with Gasteiger partial charge in [-0.25, -0.2) is 0 Å². The van der Waals surface area contributed by atoms with E-state index in [2.05, 4.69) is 10.1 Å². The van der Waals surface area contributed by atoms with Crippen molar-refractivity contribution in [2.24, 2.45) is 0 Å². The topological polar surface area (TPSA) is 92.6 Å². The molecule has 1 fully saturated rings. The summed E-state index contributed by atoms with van der Waals surface area (Å²) in [6.45, 7) is 0.774. The average molecular weight is 500 g/mol. The van der Waals surface area contributed by atoms with Gasteiger partial charge in [0.2, 0.25) is 0 Å². The summed E-state index contributed by atoms with van der Waals surface area (Å²) in [6.07, 6.45) is -3.26. The summed E-state index contributed by atoms with van der Waals surface area (Å²) in [5, 5.41) is 14.8. The van der Waals surface area contributed by atoms with Crippen molar-refractivity contribution >= 4 is 16.6 Å². The third-order valence-electron chi connectivity index (χ3n) is 6.28. The highest BCUT2D eigenvalue weighted by Crippen LogP contribution is 2.37. The lowest BCUT2D eigenvalue weighted by Gasteiger charge is -2.21. The fraction of sp³-hybridized carbons (Fsp3) is 0.280. The van der Waals surface area contributed by atoms with Gasteiger partial charge in [0.15, 0.2) is 0 Å². The van der Waals surface area contributed by atoms with E-state index in [1.54, 1.807) is 29.2 Å². The maximum absolute atomic E-state index is 14.1. The number of benzene rings is 2. The number of aromatic amines is 1. The molecular weight excluding hydrogens is 477 g/mol. The molecule has 3 heterocycles. The molecule has 0 bridgehead atoms. The van der Waals surface area contributed by atoms with Gasteiger partial charge in [-0.15, -0.1) is 0 Å². The van der Waals surface area contributed by atoms with Crippen LogP contribution in [0.2, 0.25) is 0 Å². The van der Waals surface area contributed by atoms with E-state index in [1.807, 2.05) is 0 Å². The maximum atomic E-state index is 14.1. The molecule has 1 saturated heterocycles. The molecule has 5 rings (SSSR count). The lowest BCUT2D eigenvalue weighted by Crippen LogP contribution is -2.26. The Balaban J connectivity index is 1.78. The van der Waals surface area contributed by atoms with Crippen molar-refractivity contribution in [2.45, 2.75) is 18.7 Å². The molecule has 1 aliphatic rings. The van der Waals surface area contributed by atoms with Crippen LogP contribution < -0.4 is 19.9 Å². The molecule has 1 atom stereocenters. The predicted octanol–water partition coefficient (Wildman–Crippen LogP) is 3.99. The molecule has 11 heteroatoms. The largest absolute Gasteiger partial charge is 0.497 e. The summed E-state index contributed by atoms with van der Waals surface area (Å²) in [4.78, 5) is 18.0. The maximum Gasteiger partial charge on any atom is 0.418 e. The number of aromatic nitrogens is 3. The lowest BCUT2D eigenvalue weighted by atomic mass is 10.1. The predicted molar refractivity (Wildman–Crippen MR) is 128 cm³/mol. The molecular formula is C25H23F3N4O4. The van der Waals surface area contributed by atoms with Gasteiger partial charge in [-0.05, 0) is 42.8 Å². The Bertz CT molecular complexity index is 1470. The van der Waals surface area contributed by atoms with E-state index < -0.39 is 29.1 Å². The number of fused-ring (bicyclic) bond motifs is 1. The molecule has 2 aromatic heterocycles. The highest BCUT2D eigenvalue weighted by atomic mass is 19.4. The van der Waals surface area contributed by atoms with E-state index in [-0.39, 0.29) is 17.8 Å². The van der Waals surface area contributed by atoms with E-state index in [0.29, 0.717) is 41.1 Å². The van der Waals surface area contributed by atoms with Crippen LogP contribution in [0.25, 0.3) is 27.8 Å². The number of H-pyrrole nitrogens is 1. The number of aliphatic hydroxyl groups excluding tert-OH is 1. The number of aliphatic hydroxyl groups is 1. The van der Waals surface area contributed by atoms with Crippen LogP contribution in [0, 0.1) is 0 Å². The zero-order valence-corrected chi connectivity index (χ0v) is 19.5. The van der Waals surface area contributed by atoms with Crippen molar-refractivity contribution in [2.75, 3.05) is 32.2 Å². The summed E-state index contributed by atoms with van der Waals surface area (Å²) in [7, 11) is 2.96. The number of hydrogen-bond donors (Lipinski definition) is 2. The lowest BCUT2D eigenvalue weighted by molar-refractivity contribution is -0.137. The highest BCUT2D eigenvalue weighted by Gasteiger charge is 2.36. The zero-order chi connectivity index (χ0) is 25.6. The number of nitrogens with one attached hydrogen (secondary N) is 1. The molecule has 188 valence electrons. The van der Waals surface area contributed by atoms with Crippen molar-refractivity contribution in [1.82, 2.24) is 14.8 Å². The van der Waals surface area contributed by atoms with Crippen molar-refractivity contribution in [1.29, 1.82) is 0 Å². The van der Waals surface area contributed by atoms with Crippen molar-refractivity contribution in [3.63, 3.8) is 0 Å². The summed E-state index contributed by atoms with van der Waals surface area (Å²) in [6, 6.07) is 10.2. The van der Waals surface area contributed by atoms with Gasteiger partial charge in [0, 0.05) is 42.0 Å². The minimum Gasteiger partial charge on any atom is -0.497 e. The molecule has 0 aliphatic carbocycles. The number of rotatable bonds is 5. The van der Waals surface area contributed by atoms with Crippen LogP contribution in [0.15, 0.2) is 53.5 Å². The van der Waals surface area contributed by atoms with E-state index in [1.165, 1.54) is 32.5 Å². The molecule has 36 heavy (non-hydrogen) atoms. The highest BCUT2D eigenvalue weighted by molar-refractivity contribution is 5.92. The number of anilines is 1. The van der Waals surface area contributed by atoms with Gasteiger partial charge in [-0.3, -0.25) is 4.79 Å². The second-order valence-electron chi connectivity index (χ2n) is 8.52. The van der Waals surface area contributed by atoms with Crippen molar-refractivity contribution < 1.29 is 27.8 Å². The molecule has 8 nitrogen and oxygen atoms in total. The van der Waals surface area contributed by atoms with Crippen LogP contribution in [-0.4, -0.2) is 53.3 Å². The normalized spacial score (nSPS) is 16.1. The molecule has 0 spiro atoms. The number of nitrogens with zero attached hydrogens (tertiary/aromatic N) is 3. The Labute approximate surface area is 203 Å². The van der Waals surface area contributed by atoms with Gasteiger partial charge in [-0.1, -0.05) is 0 Å². The molecule has 1 aliphatic heterocycles. The van der Waals surface area contributed by atoms with Gasteiger partial charge in [0.25, 0.3) is 5.56 Å². The first-order valence-electron chi connectivity index (χ1n) is 11.2. The Morgan fingerprint density at radius 2 is 1.81 bits per heavy atom. The third kappa shape index (κ3) is 4.15. The number of halogens is 3. The third-order valence-corrected chi connectivity index (χ3v) is 6.28. The van der Waals surface area contributed by atoms with E-state index in [0.717, 1.165) is 10.7 Å². The monoisotopic (exact) mass is 500 g/mol. The van der Waals surface area contributed by atoms with Crippen LogP contribution >= 0.6 is 0 Å². The van der Waals surface area contributed by atoms with Crippen LogP contribution in [-0.2, 0) is 6.18 Å². The number of hydrogen-bond acceptors (Lipinski definition) is 6. The molecule has 0 amide bonds. The van der Waals surface area contributed by atoms with E-state index >= 15 is 0 Å². The smallest absolute Gasteiger partial charge is 0.418 e. The fourth-order valence-electron chi connectivity index (χ4n) is 4.48. The van der Waals surface area contributed by atoms with Crippen LogP contribution in [0.4, 0.5) is 18.9 Å². The number of ether oxygens (including phenoxy) is 2. The molecule has 0 saturated carbocycles. The first kappa shape index (κ1) is 23.7. The standard InChI is InChI=1S/C25H23F3N4O4/c1-35-17-9-14(10-18(12-17)36-2)22-19-5-7-29-23(19)24(34)32(30-22)21-11-15(31-8-6-16(33)13-31)3-4-20(21)25(26,27)28/h3-5,7,9-12,16,29,33H,6,8,13H2,1-2H3. The van der Waals surface area contributed by atoms with Crippen LogP contribution in [0.1, 0.15) is 12.0 Å². The van der Waals surface area contributed by atoms with E-state index in [9.17, 15) is 23.1 Å². The number of β-amino-alcohol motifs (C(OH)–C–C–N with tert-alkyl or cyclic N) is 1. The minimum atomic E-state index is -4.73. The minimum absolute atomic E-state index is 0.108. The molecule has 2 aromatic carbocycles. The zero-order valence-electron chi connectivity index (χ0n) is 19.5. The first-order valence-corrected chi connectivity index (χ1v) is 11.2. The summed E-state index contributed by atoms with van der Waals surface area (Å²) >= 11 is 0. The SMILES string of the molecule is COc1cc(OC)cc(-c2nn(-c3cc(N4CCC(O)C4)ccc3C(F)(F)F)c(=O)c3[nH]ccc23)c1. The average Bonchev–Trinajstić information content (AvgIpc) is 3.53. The number of alkyl halides is 3. The number of methoxy groups -OCH3 is 2. The van der Waals surface area contributed by atoms with Gasteiger partial charge < -0.3 is 24.5 Å². The summed E-state index contributed by atoms with van der Waals surface area (Å²) in [5.74, 6) is 0.913. The van der Waals surface area contributed by atoms with Crippen molar-refractivity contribution in [3.05, 3.63) is 64.6 Å². The molecule has 2 N–H and O–H groups in total. The summed E-state index contributed by atoms with van der Waals surface area (Å²) in [5.41, 5.74) is -0.788. The van der Waals surface area contributed by atoms with Gasteiger partial charge >= 0.3 is 6.18 Å². The van der Waals surface area contributed by atoms with Gasteiger partial charge in [-0.2, -0.15) is 23.0 Å². The Morgan fingerprint density at radius 3 is 2.42 bits per heavy atom. The summed E-state index contributed by atoms with van der Waals surface area (Å²) < 4.78 is 53.7. The van der Waals surface area contributed by atoms with Gasteiger partial charge in [0.05, 0.1) is 31.6 Å². The molecule has 0 radical (unpaired) electrons. The Morgan fingerprint density at radius 1 is 1.08 bits per heavy atom. The van der Waals surface area contributed by atoms with Gasteiger partial charge in [0.1, 0.15) is 22.7 Å². The fourth-order valence-corrected chi connectivity index (χ4v) is 4.48. The van der Waals surface area contributed by atoms with E-state index in [4.69, 9.17) is 9.47 Å². The molecule has 4 aromatic rings.